The van der Waals surface area contributed by atoms with Crippen molar-refractivity contribution in [2.45, 2.75) is 51.6 Å². The van der Waals surface area contributed by atoms with Crippen molar-refractivity contribution in [3.63, 3.8) is 0 Å². The Balaban J connectivity index is 1.51. The van der Waals surface area contributed by atoms with Crippen molar-refractivity contribution >= 4 is 44.7 Å². The summed E-state index contributed by atoms with van der Waals surface area (Å²) in [6.45, 7) is 6.79. The molecule has 1 aliphatic carbocycles. The highest BCUT2D eigenvalue weighted by molar-refractivity contribution is 6.35. The molecule has 234 valence electrons. The predicted molar refractivity (Wildman–Crippen MR) is 168 cm³/mol. The number of nitriles is 1. The first-order valence-corrected chi connectivity index (χ1v) is 14.8. The number of nitrogens with zero attached hydrogens (tertiary/aromatic N) is 4. The summed E-state index contributed by atoms with van der Waals surface area (Å²) in [6.07, 6.45) is 0.606. The lowest BCUT2D eigenvalue weighted by Crippen LogP contribution is -2.49. The van der Waals surface area contributed by atoms with E-state index in [4.69, 9.17) is 16.3 Å². The Hall–Kier alpha value is -4.47. The maximum atomic E-state index is 16.2. The second kappa shape index (κ2) is 11.5. The molecule has 4 aromatic rings. The summed E-state index contributed by atoms with van der Waals surface area (Å²) in [5.41, 5.74) is 6.27. The number of hydrogen-bond acceptors (Lipinski definition) is 9. The molecule has 4 N–H and O–H groups in total. The van der Waals surface area contributed by atoms with Crippen LogP contribution in [0.25, 0.3) is 21.7 Å². The van der Waals surface area contributed by atoms with E-state index in [1.54, 1.807) is 30.5 Å². The zero-order valence-electron chi connectivity index (χ0n) is 25.1. The molecule has 0 amide bonds. The van der Waals surface area contributed by atoms with Crippen LogP contribution >= 0.6 is 11.6 Å². The molecule has 2 aromatic heterocycles. The average molecular weight is 637 g/mol. The van der Waals surface area contributed by atoms with E-state index in [1.807, 2.05) is 12.1 Å². The fourth-order valence-electron chi connectivity index (χ4n) is 5.57. The van der Waals surface area contributed by atoms with Crippen LogP contribution in [0.3, 0.4) is 0 Å². The van der Waals surface area contributed by atoms with Crippen molar-refractivity contribution in [1.29, 1.82) is 5.26 Å². The van der Waals surface area contributed by atoms with Crippen LogP contribution in [0.5, 0.6) is 5.88 Å². The van der Waals surface area contributed by atoms with Crippen molar-refractivity contribution in [2.24, 2.45) is 5.41 Å². The first kappa shape index (κ1) is 30.6. The number of hydrazine groups is 2. The van der Waals surface area contributed by atoms with Crippen LogP contribution in [-0.4, -0.2) is 40.6 Å². The molecule has 45 heavy (non-hydrogen) atoms. The molecular formula is C32H32ClF3N8O. The summed E-state index contributed by atoms with van der Waals surface area (Å²) < 4.78 is 49.8. The molecule has 1 fully saturated rings. The number of halogens is 4. The number of anilines is 2. The van der Waals surface area contributed by atoms with Crippen LogP contribution in [0.4, 0.5) is 24.5 Å². The maximum absolute atomic E-state index is 16.2. The number of ether oxygens (including phenoxy) is 1. The number of benzene rings is 2. The van der Waals surface area contributed by atoms with Gasteiger partial charge in [-0.2, -0.15) is 9.65 Å². The molecule has 0 unspecified atom stereocenters. The van der Waals surface area contributed by atoms with Crippen LogP contribution in [0.15, 0.2) is 60.4 Å². The Kier molecular flexibility index (Phi) is 7.79. The summed E-state index contributed by atoms with van der Waals surface area (Å²) in [4.78, 5) is 8.73. The molecule has 3 heterocycles. The highest BCUT2D eigenvalue weighted by Gasteiger charge is 2.59. The average Bonchev–Trinajstić information content (AvgIpc) is 3.73. The molecule has 0 radical (unpaired) electrons. The minimum Gasteiger partial charge on any atom is -0.481 e. The van der Waals surface area contributed by atoms with Gasteiger partial charge in [0.05, 0.1) is 34.9 Å². The van der Waals surface area contributed by atoms with E-state index >= 15 is 4.39 Å². The lowest BCUT2D eigenvalue weighted by Gasteiger charge is -2.26. The molecule has 1 saturated carbocycles. The number of alkyl halides is 2. The number of pyridine rings is 2. The van der Waals surface area contributed by atoms with E-state index in [1.165, 1.54) is 13.3 Å². The third kappa shape index (κ3) is 5.51. The Morgan fingerprint density at radius 3 is 2.60 bits per heavy atom. The number of rotatable bonds is 9. The minimum atomic E-state index is -2.75. The van der Waals surface area contributed by atoms with Gasteiger partial charge in [-0.3, -0.25) is 9.99 Å². The lowest BCUT2D eigenvalue weighted by atomic mass is 9.96. The number of fused-ring (bicyclic) bond motifs is 2. The SMILES string of the molecule is COc1nccc2c([C@H](Nc3cc(Cl)c4ncc(C#N)c(NCC(C)(C)C)c4c3)C3=C(F)N(C4(C(F)F)CC4)NN3)cccc12. The topological polar surface area (TPSA) is 110 Å². The minimum absolute atomic E-state index is 0.0106. The smallest absolute Gasteiger partial charge is 0.263 e. The van der Waals surface area contributed by atoms with Crippen molar-refractivity contribution in [1.82, 2.24) is 25.9 Å². The summed E-state index contributed by atoms with van der Waals surface area (Å²) in [5, 5.41) is 19.8. The van der Waals surface area contributed by atoms with Gasteiger partial charge >= 0.3 is 0 Å². The Labute approximate surface area is 263 Å². The summed E-state index contributed by atoms with van der Waals surface area (Å²) in [5.74, 6) is -0.467. The van der Waals surface area contributed by atoms with Gasteiger partial charge in [-0.15, -0.1) is 5.53 Å². The molecule has 2 aromatic carbocycles. The quantitative estimate of drug-likeness (QED) is 0.142. The highest BCUT2D eigenvalue weighted by Crippen LogP contribution is 2.50. The molecular weight excluding hydrogens is 605 g/mol. The highest BCUT2D eigenvalue weighted by atomic mass is 35.5. The van der Waals surface area contributed by atoms with Gasteiger partial charge in [-0.05, 0) is 53.5 Å². The van der Waals surface area contributed by atoms with Crippen LogP contribution in [0, 0.1) is 16.7 Å². The van der Waals surface area contributed by atoms with E-state index in [0.29, 0.717) is 61.6 Å². The van der Waals surface area contributed by atoms with Gasteiger partial charge in [0, 0.05) is 35.4 Å². The summed E-state index contributed by atoms with van der Waals surface area (Å²) in [6, 6.07) is 12.0. The maximum Gasteiger partial charge on any atom is 0.263 e. The van der Waals surface area contributed by atoms with Crippen LogP contribution in [0.2, 0.25) is 5.02 Å². The van der Waals surface area contributed by atoms with Gasteiger partial charge in [0.2, 0.25) is 11.8 Å². The zero-order chi connectivity index (χ0) is 32.1. The molecule has 0 bridgehead atoms. The molecule has 2 aliphatic rings. The molecule has 0 saturated heterocycles. The second-order valence-electron chi connectivity index (χ2n) is 12.4. The largest absolute Gasteiger partial charge is 0.481 e. The van der Waals surface area contributed by atoms with E-state index in [-0.39, 0.29) is 24.0 Å². The normalized spacial score (nSPS) is 16.6. The van der Waals surface area contributed by atoms with Gasteiger partial charge in [-0.1, -0.05) is 44.5 Å². The van der Waals surface area contributed by atoms with Gasteiger partial charge in [0.25, 0.3) is 6.43 Å². The van der Waals surface area contributed by atoms with E-state index in [9.17, 15) is 14.0 Å². The first-order valence-electron chi connectivity index (χ1n) is 14.4. The monoisotopic (exact) mass is 636 g/mol. The zero-order valence-corrected chi connectivity index (χ0v) is 25.9. The molecule has 1 atom stereocenters. The Morgan fingerprint density at radius 2 is 1.93 bits per heavy atom. The van der Waals surface area contributed by atoms with E-state index in [0.717, 1.165) is 5.01 Å². The fraction of sp³-hybridized carbons (Fsp3) is 0.344. The fourth-order valence-corrected chi connectivity index (χ4v) is 5.83. The molecule has 13 heteroatoms. The van der Waals surface area contributed by atoms with Crippen molar-refractivity contribution in [3.8, 4) is 11.9 Å². The molecule has 0 spiro atoms. The standard InChI is InChI=1S/C32H32ClF3N8O/c1-31(2,3)16-40-24-17(14-37)15-39-25-22(24)12-18(13-23(25)33)41-26(20-6-5-7-21-19(20)8-11-38-29(21)45-4)27-28(34)44(43-42-27)32(9-10-32)30(35)36/h5-8,11-13,15,26,30,41-43H,9-10,16H2,1-4H3,(H,39,40)/t26-/m0/s1. The Morgan fingerprint density at radius 1 is 1.16 bits per heavy atom. The molecule has 9 nitrogen and oxygen atoms in total. The molecule has 1 aliphatic heterocycles. The summed E-state index contributed by atoms with van der Waals surface area (Å²) >= 11 is 6.75. The first-order chi connectivity index (χ1) is 21.5. The van der Waals surface area contributed by atoms with Crippen LogP contribution in [0.1, 0.15) is 50.8 Å². The third-order valence-corrected chi connectivity index (χ3v) is 8.37. The van der Waals surface area contributed by atoms with Crippen LogP contribution in [-0.2, 0) is 0 Å². The number of methoxy groups -OCH3 is 1. The van der Waals surface area contributed by atoms with Gasteiger partial charge in [0.15, 0.2) is 0 Å². The van der Waals surface area contributed by atoms with Gasteiger partial charge in [-0.25, -0.2) is 13.8 Å². The van der Waals surface area contributed by atoms with Crippen molar-refractivity contribution in [2.75, 3.05) is 24.3 Å². The van der Waals surface area contributed by atoms with E-state index < -0.39 is 24.0 Å². The lowest BCUT2D eigenvalue weighted by molar-refractivity contribution is -0.00954. The van der Waals surface area contributed by atoms with Gasteiger partial charge in [0.1, 0.15) is 17.3 Å². The number of hydrogen-bond donors (Lipinski definition) is 4. The predicted octanol–water partition coefficient (Wildman–Crippen LogP) is 7.19. The number of aromatic nitrogens is 2. The van der Waals surface area contributed by atoms with Crippen LogP contribution < -0.4 is 26.3 Å². The Bertz CT molecular complexity index is 1870. The van der Waals surface area contributed by atoms with Crippen molar-refractivity contribution in [3.05, 3.63) is 76.6 Å². The third-order valence-electron chi connectivity index (χ3n) is 8.08. The summed E-state index contributed by atoms with van der Waals surface area (Å²) in [7, 11) is 1.51. The van der Waals surface area contributed by atoms with Gasteiger partial charge < -0.3 is 20.8 Å². The van der Waals surface area contributed by atoms with Crippen molar-refractivity contribution < 1.29 is 17.9 Å². The number of nitrogens with one attached hydrogen (secondary N) is 4. The second-order valence-corrected chi connectivity index (χ2v) is 12.9. The van der Waals surface area contributed by atoms with E-state index in [2.05, 4.69) is 58.4 Å². The molecule has 6 rings (SSSR count).